The largest absolute Gasteiger partial charge is 0.416 e. The van der Waals surface area contributed by atoms with Crippen LogP contribution in [0.15, 0.2) is 60.1 Å². The predicted octanol–water partition coefficient (Wildman–Crippen LogP) is 5.08. The minimum atomic E-state index is -4.46. The van der Waals surface area contributed by atoms with Gasteiger partial charge in [-0.1, -0.05) is 12.1 Å². The Kier molecular flexibility index (Phi) is 4.35. The lowest BCUT2D eigenvalue weighted by Crippen LogP contribution is -2.14. The van der Waals surface area contributed by atoms with Gasteiger partial charge in [-0.15, -0.1) is 11.3 Å². The van der Waals surface area contributed by atoms with Crippen molar-refractivity contribution in [1.29, 1.82) is 0 Å². The van der Waals surface area contributed by atoms with E-state index < -0.39 is 17.6 Å². The van der Waals surface area contributed by atoms with Gasteiger partial charge in [-0.2, -0.15) is 13.2 Å². The second-order valence-electron chi connectivity index (χ2n) is 4.91. The first-order chi connectivity index (χ1) is 11.4. The summed E-state index contributed by atoms with van der Waals surface area (Å²) in [5.74, 6) is -0.508. The van der Waals surface area contributed by atoms with Crippen molar-refractivity contribution in [1.82, 2.24) is 4.98 Å². The zero-order valence-corrected chi connectivity index (χ0v) is 13.0. The van der Waals surface area contributed by atoms with Crippen LogP contribution in [0.1, 0.15) is 15.9 Å². The molecule has 0 aliphatic rings. The molecule has 1 aromatic carbocycles. The van der Waals surface area contributed by atoms with E-state index in [9.17, 15) is 18.0 Å². The van der Waals surface area contributed by atoms with Crippen molar-refractivity contribution in [2.45, 2.75) is 6.18 Å². The van der Waals surface area contributed by atoms with E-state index in [2.05, 4.69) is 10.3 Å². The third-order valence-electron chi connectivity index (χ3n) is 3.25. The first-order valence-corrected chi connectivity index (χ1v) is 7.80. The van der Waals surface area contributed by atoms with Crippen LogP contribution in [0.3, 0.4) is 0 Å². The van der Waals surface area contributed by atoms with Gasteiger partial charge in [0.2, 0.25) is 0 Å². The Balaban J connectivity index is 1.89. The summed E-state index contributed by atoms with van der Waals surface area (Å²) in [5.41, 5.74) is 0.0649. The SMILES string of the molecule is O=C(Nc1cccc(C(F)(F)F)c1)c1cccnc1-c1cccs1. The van der Waals surface area contributed by atoms with Crippen molar-refractivity contribution in [3.63, 3.8) is 0 Å². The number of hydrogen-bond donors (Lipinski definition) is 1. The number of thiophene rings is 1. The molecular formula is C17H11F3N2OS. The van der Waals surface area contributed by atoms with E-state index >= 15 is 0 Å². The number of alkyl halides is 3. The lowest BCUT2D eigenvalue weighted by molar-refractivity contribution is -0.137. The van der Waals surface area contributed by atoms with Gasteiger partial charge in [0.1, 0.15) is 0 Å². The molecule has 1 N–H and O–H groups in total. The van der Waals surface area contributed by atoms with Crippen LogP contribution in [0.5, 0.6) is 0 Å². The van der Waals surface area contributed by atoms with E-state index in [1.807, 2.05) is 17.5 Å². The molecule has 2 heterocycles. The third-order valence-corrected chi connectivity index (χ3v) is 4.13. The number of amides is 1. The average molecular weight is 348 g/mol. The van der Waals surface area contributed by atoms with Gasteiger partial charge in [-0.05, 0) is 41.8 Å². The normalized spacial score (nSPS) is 11.3. The smallest absolute Gasteiger partial charge is 0.322 e. The first kappa shape index (κ1) is 16.2. The second-order valence-corrected chi connectivity index (χ2v) is 5.86. The van der Waals surface area contributed by atoms with Gasteiger partial charge in [-0.3, -0.25) is 9.78 Å². The molecule has 0 radical (unpaired) electrons. The molecule has 122 valence electrons. The Morgan fingerprint density at radius 1 is 1.08 bits per heavy atom. The number of nitrogens with one attached hydrogen (secondary N) is 1. The van der Waals surface area contributed by atoms with Gasteiger partial charge in [0.25, 0.3) is 5.91 Å². The van der Waals surface area contributed by atoms with E-state index in [0.717, 1.165) is 17.0 Å². The molecule has 0 saturated carbocycles. The second kappa shape index (κ2) is 6.45. The van der Waals surface area contributed by atoms with Crippen LogP contribution in [0.2, 0.25) is 0 Å². The van der Waals surface area contributed by atoms with Crippen molar-refractivity contribution < 1.29 is 18.0 Å². The molecule has 0 fully saturated rings. The Hall–Kier alpha value is -2.67. The lowest BCUT2D eigenvalue weighted by Gasteiger charge is -2.11. The van der Waals surface area contributed by atoms with Crippen molar-refractivity contribution in [2.24, 2.45) is 0 Å². The molecule has 24 heavy (non-hydrogen) atoms. The Bertz CT molecular complexity index is 860. The number of anilines is 1. The molecule has 3 rings (SSSR count). The maximum Gasteiger partial charge on any atom is 0.416 e. The molecule has 0 unspecified atom stereocenters. The highest BCUT2D eigenvalue weighted by Gasteiger charge is 2.30. The molecule has 7 heteroatoms. The third kappa shape index (κ3) is 3.46. The van der Waals surface area contributed by atoms with Crippen LogP contribution in [-0.2, 0) is 6.18 Å². The summed E-state index contributed by atoms with van der Waals surface area (Å²) in [4.78, 5) is 17.5. The fourth-order valence-electron chi connectivity index (χ4n) is 2.17. The summed E-state index contributed by atoms with van der Waals surface area (Å²) in [7, 11) is 0. The summed E-state index contributed by atoms with van der Waals surface area (Å²) in [6, 6.07) is 11.4. The van der Waals surface area contributed by atoms with Crippen LogP contribution >= 0.6 is 11.3 Å². The summed E-state index contributed by atoms with van der Waals surface area (Å²) >= 11 is 1.43. The molecule has 2 aromatic heterocycles. The number of hydrogen-bond acceptors (Lipinski definition) is 3. The summed E-state index contributed by atoms with van der Waals surface area (Å²) in [5, 5.41) is 4.36. The van der Waals surface area contributed by atoms with Crippen molar-refractivity contribution >= 4 is 22.9 Å². The van der Waals surface area contributed by atoms with Crippen LogP contribution in [-0.4, -0.2) is 10.9 Å². The number of halogens is 3. The number of carbonyl (C=O) groups excluding carboxylic acids is 1. The summed E-state index contributed by atoms with van der Waals surface area (Å²) in [6.45, 7) is 0. The van der Waals surface area contributed by atoms with E-state index in [0.29, 0.717) is 11.3 Å². The van der Waals surface area contributed by atoms with E-state index in [1.54, 1.807) is 18.3 Å². The molecule has 3 nitrogen and oxygen atoms in total. The van der Waals surface area contributed by atoms with E-state index in [4.69, 9.17) is 0 Å². The number of rotatable bonds is 3. The van der Waals surface area contributed by atoms with Crippen LogP contribution in [0, 0.1) is 0 Å². The van der Waals surface area contributed by atoms with Gasteiger partial charge in [-0.25, -0.2) is 0 Å². The van der Waals surface area contributed by atoms with Crippen molar-refractivity contribution in [3.05, 3.63) is 71.2 Å². The highest BCUT2D eigenvalue weighted by molar-refractivity contribution is 7.13. The molecule has 1 amide bonds. The number of aromatic nitrogens is 1. The topological polar surface area (TPSA) is 42.0 Å². The molecular weight excluding hydrogens is 337 g/mol. The zero-order valence-electron chi connectivity index (χ0n) is 12.2. The van der Waals surface area contributed by atoms with Gasteiger partial charge >= 0.3 is 6.18 Å². The van der Waals surface area contributed by atoms with Gasteiger partial charge in [0.05, 0.1) is 21.7 Å². The first-order valence-electron chi connectivity index (χ1n) is 6.92. The molecule has 0 aliphatic carbocycles. The van der Waals surface area contributed by atoms with Crippen molar-refractivity contribution in [2.75, 3.05) is 5.32 Å². The Morgan fingerprint density at radius 2 is 1.92 bits per heavy atom. The molecule has 0 spiro atoms. The van der Waals surface area contributed by atoms with Gasteiger partial charge in [0, 0.05) is 11.9 Å². The zero-order chi connectivity index (χ0) is 17.2. The van der Waals surface area contributed by atoms with Gasteiger partial charge in [0.15, 0.2) is 0 Å². The number of carbonyl (C=O) groups is 1. The van der Waals surface area contributed by atoms with Crippen LogP contribution < -0.4 is 5.32 Å². The minimum Gasteiger partial charge on any atom is -0.322 e. The Morgan fingerprint density at radius 3 is 2.62 bits per heavy atom. The maximum absolute atomic E-state index is 12.8. The summed E-state index contributed by atoms with van der Waals surface area (Å²) in [6.07, 6.45) is -2.90. The summed E-state index contributed by atoms with van der Waals surface area (Å²) < 4.78 is 38.3. The predicted molar refractivity (Wildman–Crippen MR) is 86.9 cm³/mol. The molecule has 3 aromatic rings. The quantitative estimate of drug-likeness (QED) is 0.717. The number of nitrogens with zero attached hydrogens (tertiary/aromatic N) is 1. The highest BCUT2D eigenvalue weighted by atomic mass is 32.1. The maximum atomic E-state index is 12.8. The molecule has 0 atom stereocenters. The monoisotopic (exact) mass is 348 g/mol. The van der Waals surface area contributed by atoms with Crippen LogP contribution in [0.4, 0.5) is 18.9 Å². The minimum absolute atomic E-state index is 0.0795. The highest BCUT2D eigenvalue weighted by Crippen LogP contribution is 2.31. The lowest BCUT2D eigenvalue weighted by atomic mass is 10.1. The molecule has 0 bridgehead atoms. The fourth-order valence-corrected chi connectivity index (χ4v) is 2.91. The molecule has 0 aliphatic heterocycles. The van der Waals surface area contributed by atoms with Crippen LogP contribution in [0.25, 0.3) is 10.6 Å². The Labute approximate surface area is 139 Å². The molecule has 0 saturated heterocycles. The van der Waals surface area contributed by atoms with Crippen molar-refractivity contribution in [3.8, 4) is 10.6 Å². The average Bonchev–Trinajstić information content (AvgIpc) is 3.08. The number of pyridine rings is 1. The van der Waals surface area contributed by atoms with E-state index in [-0.39, 0.29) is 5.69 Å². The number of benzene rings is 1. The van der Waals surface area contributed by atoms with Gasteiger partial charge < -0.3 is 5.32 Å². The standard InChI is InChI=1S/C17H11F3N2OS/c18-17(19,20)11-4-1-5-12(10-11)22-16(23)13-6-2-8-21-15(13)14-7-3-9-24-14/h1-10H,(H,22,23). The van der Waals surface area contributed by atoms with E-state index in [1.165, 1.54) is 23.5 Å². The fraction of sp³-hybridized carbons (Fsp3) is 0.0588.